The molecule has 2 aromatic carbocycles. The molecule has 0 heterocycles. The lowest BCUT2D eigenvalue weighted by atomic mass is 10.1. The van der Waals surface area contributed by atoms with Crippen molar-refractivity contribution in [3.8, 4) is 0 Å². The number of benzene rings is 2. The van der Waals surface area contributed by atoms with Gasteiger partial charge >= 0.3 is 6.47 Å². The fourth-order valence-electron chi connectivity index (χ4n) is 1.79. The zero-order valence-corrected chi connectivity index (χ0v) is 10.7. The lowest BCUT2D eigenvalue weighted by Crippen LogP contribution is -2.29. The van der Waals surface area contributed by atoms with Crippen molar-refractivity contribution >= 4 is 6.47 Å². The molecule has 0 aliphatic carbocycles. The molecule has 0 N–H and O–H groups in total. The largest absolute Gasteiger partial charge is 0.420 e. The normalized spacial score (nSPS) is 13.5. The van der Waals surface area contributed by atoms with E-state index in [4.69, 9.17) is 9.47 Å². The van der Waals surface area contributed by atoms with Crippen LogP contribution in [0.3, 0.4) is 0 Å². The quantitative estimate of drug-likeness (QED) is 0.744. The minimum Gasteiger partial charge on any atom is -0.420 e. The highest BCUT2D eigenvalue weighted by molar-refractivity contribution is 5.40. The predicted molar refractivity (Wildman–Crippen MR) is 71.8 cm³/mol. The van der Waals surface area contributed by atoms with Crippen molar-refractivity contribution in [2.24, 2.45) is 0 Å². The van der Waals surface area contributed by atoms with Gasteiger partial charge in [0.15, 0.2) is 0 Å². The van der Waals surface area contributed by atoms with Crippen molar-refractivity contribution in [3.63, 3.8) is 0 Å². The fraction of sp³-hybridized carbons (Fsp3) is 0.188. The Labute approximate surface area is 112 Å². The lowest BCUT2D eigenvalue weighted by molar-refractivity contribution is -0.195. The van der Waals surface area contributed by atoms with Crippen molar-refractivity contribution in [2.75, 3.05) is 0 Å². The van der Waals surface area contributed by atoms with Gasteiger partial charge in [-0.1, -0.05) is 60.7 Å². The summed E-state index contributed by atoms with van der Waals surface area (Å²) in [6.45, 7) is 3.53. The molecule has 1 atom stereocenters. The summed E-state index contributed by atoms with van der Waals surface area (Å²) >= 11 is 0. The van der Waals surface area contributed by atoms with Crippen LogP contribution in [0.5, 0.6) is 0 Å². The maximum absolute atomic E-state index is 10.6. The van der Waals surface area contributed by atoms with Gasteiger partial charge in [-0.25, -0.2) is 4.79 Å². The molecule has 0 aromatic heterocycles. The monoisotopic (exact) mass is 255 g/mol. The predicted octanol–water partition coefficient (Wildman–Crippen LogP) is 3.16. The molecule has 0 amide bonds. The molecule has 0 aliphatic heterocycles. The van der Waals surface area contributed by atoms with Crippen LogP contribution in [0, 0.1) is 0 Å². The molecule has 3 heteroatoms. The number of ether oxygens (including phenoxy) is 2. The minimum atomic E-state index is -1.13. The lowest BCUT2D eigenvalue weighted by Gasteiger charge is -2.27. The SMILES string of the molecule is CC(O[C]=O)(OCc1ccccc1)c1ccccc1. The minimum absolute atomic E-state index is 0.355. The van der Waals surface area contributed by atoms with E-state index in [9.17, 15) is 4.79 Å². The topological polar surface area (TPSA) is 35.5 Å². The van der Waals surface area contributed by atoms with Gasteiger partial charge in [0, 0.05) is 12.5 Å². The molecule has 19 heavy (non-hydrogen) atoms. The second-order valence-corrected chi connectivity index (χ2v) is 4.27. The van der Waals surface area contributed by atoms with Crippen LogP contribution >= 0.6 is 0 Å². The van der Waals surface area contributed by atoms with Gasteiger partial charge in [-0.2, -0.15) is 0 Å². The molecule has 0 bridgehead atoms. The van der Waals surface area contributed by atoms with Gasteiger partial charge in [-0.3, -0.25) is 0 Å². The van der Waals surface area contributed by atoms with E-state index in [1.54, 1.807) is 6.92 Å². The summed E-state index contributed by atoms with van der Waals surface area (Å²) in [6.07, 6.45) is 0. The van der Waals surface area contributed by atoms with E-state index in [0.717, 1.165) is 11.1 Å². The van der Waals surface area contributed by atoms with Crippen LogP contribution in [0.15, 0.2) is 60.7 Å². The van der Waals surface area contributed by atoms with Crippen LogP contribution in [0.4, 0.5) is 0 Å². The Balaban J connectivity index is 2.14. The van der Waals surface area contributed by atoms with Gasteiger partial charge in [-0.15, -0.1) is 0 Å². The van der Waals surface area contributed by atoms with E-state index in [-0.39, 0.29) is 0 Å². The van der Waals surface area contributed by atoms with Crippen LogP contribution in [0.1, 0.15) is 18.1 Å². The third kappa shape index (κ3) is 3.42. The van der Waals surface area contributed by atoms with E-state index in [0.29, 0.717) is 6.61 Å². The molecular weight excluding hydrogens is 240 g/mol. The number of carbonyl (C=O) groups excluding carboxylic acids is 1. The molecule has 2 aromatic rings. The van der Waals surface area contributed by atoms with Crippen LogP contribution < -0.4 is 0 Å². The van der Waals surface area contributed by atoms with Crippen LogP contribution in [-0.4, -0.2) is 6.47 Å². The van der Waals surface area contributed by atoms with Crippen LogP contribution in [-0.2, 0) is 26.7 Å². The second kappa shape index (κ2) is 6.16. The maximum Gasteiger partial charge on any atom is 0.420 e. The summed E-state index contributed by atoms with van der Waals surface area (Å²) in [5.41, 5.74) is 1.79. The highest BCUT2D eigenvalue weighted by Gasteiger charge is 2.29. The van der Waals surface area contributed by atoms with Crippen LogP contribution in [0.2, 0.25) is 0 Å². The number of hydrogen-bond donors (Lipinski definition) is 0. The third-order valence-electron chi connectivity index (χ3n) is 2.89. The number of hydrogen-bond acceptors (Lipinski definition) is 3. The summed E-state index contributed by atoms with van der Waals surface area (Å²) in [4.78, 5) is 10.6. The van der Waals surface area contributed by atoms with E-state index in [2.05, 4.69) is 0 Å². The van der Waals surface area contributed by atoms with Gasteiger partial charge in [0.2, 0.25) is 5.79 Å². The summed E-state index contributed by atoms with van der Waals surface area (Å²) in [7, 11) is 0. The zero-order valence-electron chi connectivity index (χ0n) is 10.7. The molecule has 2 rings (SSSR count). The summed E-state index contributed by atoms with van der Waals surface area (Å²) in [6, 6.07) is 19.1. The molecule has 3 nitrogen and oxygen atoms in total. The van der Waals surface area contributed by atoms with Crippen molar-refractivity contribution in [1.82, 2.24) is 0 Å². The fourth-order valence-corrected chi connectivity index (χ4v) is 1.79. The Morgan fingerprint density at radius 2 is 1.58 bits per heavy atom. The van der Waals surface area contributed by atoms with E-state index < -0.39 is 5.79 Å². The molecule has 1 radical (unpaired) electrons. The Morgan fingerprint density at radius 3 is 2.16 bits per heavy atom. The first kappa shape index (κ1) is 13.3. The van der Waals surface area contributed by atoms with Gasteiger partial charge in [0.25, 0.3) is 0 Å². The van der Waals surface area contributed by atoms with E-state index in [1.807, 2.05) is 60.7 Å². The second-order valence-electron chi connectivity index (χ2n) is 4.27. The van der Waals surface area contributed by atoms with Gasteiger partial charge in [0.05, 0.1) is 6.61 Å². The Kier molecular flexibility index (Phi) is 4.31. The van der Waals surface area contributed by atoms with Crippen molar-refractivity contribution in [3.05, 3.63) is 71.8 Å². The average Bonchev–Trinajstić information content (AvgIpc) is 2.48. The highest BCUT2D eigenvalue weighted by atomic mass is 16.7. The standard InChI is InChI=1S/C16H15O3/c1-16(19-13-17,15-10-6-3-7-11-15)18-12-14-8-4-2-5-9-14/h2-11H,12H2,1H3. The summed E-state index contributed by atoms with van der Waals surface area (Å²) < 4.78 is 10.8. The molecule has 0 aliphatic rings. The van der Waals surface area contributed by atoms with Crippen LogP contribution in [0.25, 0.3) is 0 Å². The summed E-state index contributed by atoms with van der Waals surface area (Å²) in [5, 5.41) is 0. The first-order valence-corrected chi connectivity index (χ1v) is 6.03. The highest BCUT2D eigenvalue weighted by Crippen LogP contribution is 2.27. The summed E-state index contributed by atoms with van der Waals surface area (Å²) in [5.74, 6) is -1.13. The molecule has 1 unspecified atom stereocenters. The zero-order chi connectivity index (χ0) is 13.6. The Hall–Kier alpha value is -2.13. The van der Waals surface area contributed by atoms with Gasteiger partial charge in [-0.05, 0) is 5.56 Å². The average molecular weight is 255 g/mol. The number of rotatable bonds is 6. The molecule has 0 saturated heterocycles. The molecule has 0 spiro atoms. The van der Waals surface area contributed by atoms with Crippen molar-refractivity contribution in [2.45, 2.75) is 19.3 Å². The third-order valence-corrected chi connectivity index (χ3v) is 2.89. The molecule has 0 saturated carbocycles. The van der Waals surface area contributed by atoms with Crippen molar-refractivity contribution in [1.29, 1.82) is 0 Å². The molecule has 0 fully saturated rings. The van der Waals surface area contributed by atoms with Crippen molar-refractivity contribution < 1.29 is 14.3 Å². The Morgan fingerprint density at radius 1 is 1.00 bits per heavy atom. The first-order valence-electron chi connectivity index (χ1n) is 6.03. The maximum atomic E-state index is 10.6. The molecule has 97 valence electrons. The Bertz CT molecular complexity index is 510. The van der Waals surface area contributed by atoms with Gasteiger partial charge < -0.3 is 9.47 Å². The molecular formula is C16H15O3. The van der Waals surface area contributed by atoms with Gasteiger partial charge in [0.1, 0.15) is 0 Å². The van der Waals surface area contributed by atoms with E-state index in [1.165, 1.54) is 6.47 Å². The van der Waals surface area contributed by atoms with E-state index >= 15 is 0 Å². The smallest absolute Gasteiger partial charge is 0.420 e. The first-order chi connectivity index (χ1) is 9.24.